The lowest BCUT2D eigenvalue weighted by atomic mass is 10.2. The Morgan fingerprint density at radius 3 is 2.90 bits per heavy atom. The third-order valence-corrected chi connectivity index (χ3v) is 3.98. The van der Waals surface area contributed by atoms with Gasteiger partial charge in [0.2, 0.25) is 0 Å². The van der Waals surface area contributed by atoms with Gasteiger partial charge in [-0.05, 0) is 45.0 Å². The average Bonchev–Trinajstić information content (AvgIpc) is 2.93. The van der Waals surface area contributed by atoms with Crippen LogP contribution in [-0.2, 0) is 6.54 Å². The van der Waals surface area contributed by atoms with Gasteiger partial charge in [0.15, 0.2) is 0 Å². The predicted octanol–water partition coefficient (Wildman–Crippen LogP) is 2.80. The van der Waals surface area contributed by atoms with E-state index in [0.717, 1.165) is 48.7 Å². The van der Waals surface area contributed by atoms with Crippen molar-refractivity contribution in [2.75, 3.05) is 20.2 Å². The van der Waals surface area contributed by atoms with E-state index in [1.165, 1.54) is 0 Å². The van der Waals surface area contributed by atoms with E-state index in [9.17, 15) is 0 Å². The standard InChI is InChI=1S/C15H21N3OS/c1-18(9-5-2-6-10-19)11-13-12-20-15(17-13)14-7-3-4-8-16-14/h3-4,7-8,12,19H,2,5-6,9-11H2,1H3. The minimum atomic E-state index is 0.295. The Labute approximate surface area is 124 Å². The number of nitrogens with zero attached hydrogens (tertiary/aromatic N) is 3. The van der Waals surface area contributed by atoms with E-state index in [2.05, 4.69) is 27.3 Å². The van der Waals surface area contributed by atoms with Gasteiger partial charge in [0.25, 0.3) is 0 Å². The zero-order chi connectivity index (χ0) is 14.2. The van der Waals surface area contributed by atoms with Crippen LogP contribution >= 0.6 is 11.3 Å². The predicted molar refractivity (Wildman–Crippen MR) is 82.6 cm³/mol. The van der Waals surface area contributed by atoms with Gasteiger partial charge in [-0.2, -0.15) is 0 Å². The van der Waals surface area contributed by atoms with E-state index in [-0.39, 0.29) is 0 Å². The van der Waals surface area contributed by atoms with E-state index < -0.39 is 0 Å². The minimum Gasteiger partial charge on any atom is -0.396 e. The fraction of sp³-hybridized carbons (Fsp3) is 0.467. The lowest BCUT2D eigenvalue weighted by molar-refractivity contribution is 0.270. The highest BCUT2D eigenvalue weighted by Crippen LogP contribution is 2.21. The molecule has 20 heavy (non-hydrogen) atoms. The molecule has 1 N–H and O–H groups in total. The number of aromatic nitrogens is 2. The third kappa shape index (κ3) is 4.67. The molecule has 0 spiro atoms. The number of aliphatic hydroxyl groups excluding tert-OH is 1. The summed E-state index contributed by atoms with van der Waals surface area (Å²) in [6.07, 6.45) is 4.89. The van der Waals surface area contributed by atoms with Gasteiger partial charge in [0.1, 0.15) is 5.01 Å². The molecule has 5 heteroatoms. The Balaban J connectivity index is 1.83. The van der Waals surface area contributed by atoms with Crippen LogP contribution in [0.3, 0.4) is 0 Å². The number of aliphatic hydroxyl groups is 1. The van der Waals surface area contributed by atoms with Crippen LogP contribution in [0.25, 0.3) is 10.7 Å². The molecule has 0 aliphatic heterocycles. The molecule has 0 bridgehead atoms. The average molecular weight is 291 g/mol. The number of thiazole rings is 1. The first-order valence-corrected chi connectivity index (χ1v) is 7.83. The maximum absolute atomic E-state index is 8.75. The number of unbranched alkanes of at least 4 members (excludes halogenated alkanes) is 2. The van der Waals surface area contributed by atoms with Crippen molar-refractivity contribution in [2.24, 2.45) is 0 Å². The maximum Gasteiger partial charge on any atom is 0.142 e. The first-order valence-electron chi connectivity index (χ1n) is 6.95. The summed E-state index contributed by atoms with van der Waals surface area (Å²) in [6.45, 7) is 2.20. The lowest BCUT2D eigenvalue weighted by Crippen LogP contribution is -2.19. The molecule has 108 valence electrons. The number of rotatable bonds is 8. The van der Waals surface area contributed by atoms with Crippen molar-refractivity contribution in [3.05, 3.63) is 35.5 Å². The Morgan fingerprint density at radius 1 is 1.25 bits per heavy atom. The molecule has 0 atom stereocenters. The molecule has 2 heterocycles. The molecule has 2 rings (SSSR count). The molecule has 0 amide bonds. The zero-order valence-electron chi connectivity index (χ0n) is 11.8. The van der Waals surface area contributed by atoms with Crippen molar-refractivity contribution in [3.63, 3.8) is 0 Å². The van der Waals surface area contributed by atoms with E-state index in [1.54, 1.807) is 17.5 Å². The summed E-state index contributed by atoms with van der Waals surface area (Å²) in [5.74, 6) is 0. The van der Waals surface area contributed by atoms with Gasteiger partial charge in [-0.3, -0.25) is 4.98 Å². The van der Waals surface area contributed by atoms with Gasteiger partial charge in [-0.1, -0.05) is 6.07 Å². The second-order valence-corrected chi connectivity index (χ2v) is 5.74. The van der Waals surface area contributed by atoms with Crippen molar-refractivity contribution in [1.82, 2.24) is 14.9 Å². The van der Waals surface area contributed by atoms with E-state index in [1.807, 2.05) is 18.2 Å². The maximum atomic E-state index is 8.75. The summed E-state index contributed by atoms with van der Waals surface area (Å²) < 4.78 is 0. The minimum absolute atomic E-state index is 0.295. The molecule has 0 radical (unpaired) electrons. The van der Waals surface area contributed by atoms with Gasteiger partial charge >= 0.3 is 0 Å². The quantitative estimate of drug-likeness (QED) is 0.760. The molecule has 0 aliphatic carbocycles. The monoisotopic (exact) mass is 291 g/mol. The molecule has 0 aliphatic rings. The third-order valence-electron chi connectivity index (χ3n) is 3.07. The van der Waals surface area contributed by atoms with Gasteiger partial charge in [-0.25, -0.2) is 4.98 Å². The zero-order valence-corrected chi connectivity index (χ0v) is 12.6. The summed E-state index contributed by atoms with van der Waals surface area (Å²) in [4.78, 5) is 11.2. The summed E-state index contributed by atoms with van der Waals surface area (Å²) in [5, 5.41) is 11.8. The summed E-state index contributed by atoms with van der Waals surface area (Å²) in [5.41, 5.74) is 2.04. The molecular formula is C15H21N3OS. The van der Waals surface area contributed by atoms with Crippen molar-refractivity contribution in [3.8, 4) is 10.7 Å². The first-order chi connectivity index (χ1) is 9.79. The highest BCUT2D eigenvalue weighted by atomic mass is 32.1. The van der Waals surface area contributed by atoms with Crippen LogP contribution in [0.1, 0.15) is 25.0 Å². The van der Waals surface area contributed by atoms with Crippen molar-refractivity contribution >= 4 is 11.3 Å². The Morgan fingerprint density at radius 2 is 2.15 bits per heavy atom. The van der Waals surface area contributed by atoms with Crippen LogP contribution in [0.15, 0.2) is 29.8 Å². The highest BCUT2D eigenvalue weighted by molar-refractivity contribution is 7.13. The summed E-state index contributed by atoms with van der Waals surface area (Å²) in [7, 11) is 2.11. The van der Waals surface area contributed by atoms with E-state index in [4.69, 9.17) is 5.11 Å². The van der Waals surface area contributed by atoms with Gasteiger partial charge in [0, 0.05) is 24.7 Å². The molecular weight excluding hydrogens is 270 g/mol. The van der Waals surface area contributed by atoms with Crippen LogP contribution in [0.5, 0.6) is 0 Å². The largest absolute Gasteiger partial charge is 0.396 e. The molecule has 2 aromatic rings. The fourth-order valence-corrected chi connectivity index (χ4v) is 2.80. The van der Waals surface area contributed by atoms with Crippen molar-refractivity contribution in [2.45, 2.75) is 25.8 Å². The molecule has 0 saturated heterocycles. The van der Waals surface area contributed by atoms with Crippen LogP contribution in [0.2, 0.25) is 0 Å². The molecule has 4 nitrogen and oxygen atoms in total. The molecule has 0 fully saturated rings. The highest BCUT2D eigenvalue weighted by Gasteiger charge is 2.07. The van der Waals surface area contributed by atoms with Crippen LogP contribution in [0, 0.1) is 0 Å². The summed E-state index contributed by atoms with van der Waals surface area (Å²) in [6, 6.07) is 5.89. The second-order valence-electron chi connectivity index (χ2n) is 4.88. The molecule has 0 aromatic carbocycles. The SMILES string of the molecule is CN(CCCCCO)Cc1csc(-c2ccccn2)n1. The number of hydrogen-bond donors (Lipinski definition) is 1. The number of pyridine rings is 1. The van der Waals surface area contributed by atoms with Crippen molar-refractivity contribution in [1.29, 1.82) is 0 Å². The number of hydrogen-bond acceptors (Lipinski definition) is 5. The second kappa shape index (κ2) is 8.09. The summed E-state index contributed by atoms with van der Waals surface area (Å²) >= 11 is 1.64. The Hall–Kier alpha value is -1.30. The molecule has 0 unspecified atom stereocenters. The van der Waals surface area contributed by atoms with E-state index in [0.29, 0.717) is 6.61 Å². The van der Waals surface area contributed by atoms with Crippen LogP contribution in [0.4, 0.5) is 0 Å². The fourth-order valence-electron chi connectivity index (χ4n) is 2.01. The molecule has 2 aromatic heterocycles. The van der Waals surface area contributed by atoms with Gasteiger partial charge in [-0.15, -0.1) is 11.3 Å². The van der Waals surface area contributed by atoms with E-state index >= 15 is 0 Å². The van der Waals surface area contributed by atoms with Crippen LogP contribution in [-0.4, -0.2) is 40.2 Å². The van der Waals surface area contributed by atoms with Gasteiger partial charge in [0.05, 0.1) is 11.4 Å². The first kappa shape index (κ1) is 15.1. The normalized spacial score (nSPS) is 11.2. The topological polar surface area (TPSA) is 49.2 Å². The lowest BCUT2D eigenvalue weighted by Gasteiger charge is -2.14. The Kier molecular flexibility index (Phi) is 6.11. The van der Waals surface area contributed by atoms with Crippen molar-refractivity contribution < 1.29 is 5.11 Å². The van der Waals surface area contributed by atoms with Crippen LogP contribution < -0.4 is 0 Å². The van der Waals surface area contributed by atoms with Gasteiger partial charge < -0.3 is 10.0 Å². The Bertz CT molecular complexity index is 501. The molecule has 0 saturated carbocycles. The smallest absolute Gasteiger partial charge is 0.142 e.